The number of hydrogen-bond acceptors (Lipinski definition) is 4. The monoisotopic (exact) mass is 371 g/mol. The summed E-state index contributed by atoms with van der Waals surface area (Å²) in [6.07, 6.45) is 0. The van der Waals surface area contributed by atoms with Crippen molar-refractivity contribution in [2.75, 3.05) is 19.6 Å². The second-order valence-corrected chi connectivity index (χ2v) is 7.15. The smallest absolute Gasteiger partial charge is 0.275 e. The number of carbonyl (C=O) groups is 1. The van der Waals surface area contributed by atoms with Gasteiger partial charge < -0.3 is 15.2 Å². The van der Waals surface area contributed by atoms with Gasteiger partial charge in [-0.2, -0.15) is 0 Å². The molecule has 6 nitrogen and oxygen atoms in total. The van der Waals surface area contributed by atoms with Gasteiger partial charge in [0.25, 0.3) is 11.5 Å². The second-order valence-electron chi connectivity index (χ2n) is 6.12. The predicted octanol–water partition coefficient (Wildman–Crippen LogP) is 1.19. The number of quaternary nitrogens is 1. The van der Waals surface area contributed by atoms with E-state index in [0.717, 1.165) is 26.7 Å². The number of aromatic nitrogens is 2. The zero-order valence-electron chi connectivity index (χ0n) is 15.0. The summed E-state index contributed by atoms with van der Waals surface area (Å²) < 4.78 is 0. The molecular formula is C19H23N4O2S+. The van der Waals surface area contributed by atoms with Gasteiger partial charge in [-0.15, -0.1) is 11.3 Å². The van der Waals surface area contributed by atoms with Crippen LogP contribution >= 0.6 is 11.3 Å². The number of benzene rings is 1. The number of aromatic amines is 1. The van der Waals surface area contributed by atoms with Crippen LogP contribution in [0.2, 0.25) is 0 Å². The molecule has 0 spiro atoms. The lowest BCUT2D eigenvalue weighted by Crippen LogP contribution is -3.11. The molecule has 1 amide bonds. The van der Waals surface area contributed by atoms with E-state index in [0.29, 0.717) is 30.8 Å². The Kier molecular flexibility index (Phi) is 5.80. The summed E-state index contributed by atoms with van der Waals surface area (Å²) in [5.41, 5.74) is 0.949. The van der Waals surface area contributed by atoms with E-state index < -0.39 is 0 Å². The highest BCUT2D eigenvalue weighted by molar-refractivity contribution is 7.21. The summed E-state index contributed by atoms with van der Waals surface area (Å²) in [5, 5.41) is 3.42. The van der Waals surface area contributed by atoms with E-state index in [1.165, 1.54) is 11.3 Å². The normalized spacial score (nSPS) is 12.2. The molecule has 0 aliphatic carbocycles. The van der Waals surface area contributed by atoms with Gasteiger partial charge >= 0.3 is 0 Å². The van der Waals surface area contributed by atoms with E-state index in [9.17, 15) is 9.59 Å². The molecule has 0 aliphatic heterocycles. The summed E-state index contributed by atoms with van der Waals surface area (Å²) >= 11 is 1.52. The standard InChI is InChI=1S/C19H22N4O2S/c1-3-20-17(24)12-23(4-2)11-16-21-18(25)14-10-15(26-19(14)22-16)13-8-6-5-7-9-13/h5-10H,3-4,11-12H2,1-2H3,(H,20,24)(H,21,22,25)/p+1. The van der Waals surface area contributed by atoms with Crippen LogP contribution in [0, 0.1) is 0 Å². The number of carbonyl (C=O) groups excluding carboxylic acids is 1. The third-order valence-electron chi connectivity index (χ3n) is 4.21. The zero-order valence-corrected chi connectivity index (χ0v) is 15.8. The summed E-state index contributed by atoms with van der Waals surface area (Å²) in [6, 6.07) is 11.9. The number of thiophene rings is 1. The summed E-state index contributed by atoms with van der Waals surface area (Å²) in [6.45, 7) is 6.19. The van der Waals surface area contributed by atoms with Crippen molar-refractivity contribution < 1.29 is 9.69 Å². The maximum atomic E-state index is 12.5. The van der Waals surface area contributed by atoms with Crippen molar-refractivity contribution in [1.29, 1.82) is 0 Å². The second kappa shape index (κ2) is 8.25. The van der Waals surface area contributed by atoms with E-state index in [4.69, 9.17) is 0 Å². The lowest BCUT2D eigenvalue weighted by atomic mass is 10.2. The highest BCUT2D eigenvalue weighted by Gasteiger charge is 2.16. The maximum absolute atomic E-state index is 12.5. The summed E-state index contributed by atoms with van der Waals surface area (Å²) in [5.74, 6) is 0.625. The molecule has 7 heteroatoms. The molecule has 136 valence electrons. The highest BCUT2D eigenvalue weighted by Crippen LogP contribution is 2.30. The van der Waals surface area contributed by atoms with Crippen LogP contribution in [0.1, 0.15) is 19.7 Å². The van der Waals surface area contributed by atoms with Gasteiger partial charge in [-0.1, -0.05) is 30.3 Å². The average Bonchev–Trinajstić information content (AvgIpc) is 3.07. The van der Waals surface area contributed by atoms with Crippen molar-refractivity contribution in [3.8, 4) is 10.4 Å². The van der Waals surface area contributed by atoms with Crippen molar-refractivity contribution in [1.82, 2.24) is 15.3 Å². The number of likely N-dealkylation sites (N-methyl/N-ethyl adjacent to an activating group) is 2. The molecule has 1 unspecified atom stereocenters. The summed E-state index contributed by atoms with van der Waals surface area (Å²) in [7, 11) is 0. The van der Waals surface area contributed by atoms with Crippen LogP contribution in [0.15, 0.2) is 41.2 Å². The Hall–Kier alpha value is -2.51. The Morgan fingerprint density at radius 3 is 2.73 bits per heavy atom. The lowest BCUT2D eigenvalue weighted by molar-refractivity contribution is -0.904. The lowest BCUT2D eigenvalue weighted by Gasteiger charge is -2.16. The van der Waals surface area contributed by atoms with Gasteiger partial charge in [0, 0.05) is 11.4 Å². The van der Waals surface area contributed by atoms with Crippen LogP contribution in [0.4, 0.5) is 0 Å². The maximum Gasteiger partial charge on any atom is 0.275 e. The van der Waals surface area contributed by atoms with Crippen LogP contribution in [0.3, 0.4) is 0 Å². The Morgan fingerprint density at radius 2 is 2.04 bits per heavy atom. The largest absolute Gasteiger partial charge is 0.351 e. The number of nitrogens with one attached hydrogen (secondary N) is 3. The molecule has 3 N–H and O–H groups in total. The fourth-order valence-electron chi connectivity index (χ4n) is 2.84. The third-order valence-corrected chi connectivity index (χ3v) is 5.29. The topological polar surface area (TPSA) is 79.3 Å². The molecule has 26 heavy (non-hydrogen) atoms. The molecule has 3 aromatic rings. The number of rotatable bonds is 7. The Labute approximate surface area is 155 Å². The minimum atomic E-state index is -0.128. The van der Waals surface area contributed by atoms with E-state index in [-0.39, 0.29) is 11.5 Å². The molecule has 0 saturated carbocycles. The molecular weight excluding hydrogens is 348 g/mol. The number of hydrogen-bond donors (Lipinski definition) is 3. The minimum absolute atomic E-state index is 0.00950. The van der Waals surface area contributed by atoms with Gasteiger partial charge in [0.15, 0.2) is 12.4 Å². The molecule has 2 aromatic heterocycles. The Balaban J connectivity index is 1.86. The van der Waals surface area contributed by atoms with Crippen LogP contribution < -0.4 is 15.8 Å². The predicted molar refractivity (Wildman–Crippen MR) is 104 cm³/mol. The molecule has 1 atom stereocenters. The number of H-pyrrole nitrogens is 1. The van der Waals surface area contributed by atoms with E-state index in [1.54, 1.807) is 0 Å². The Morgan fingerprint density at radius 1 is 1.27 bits per heavy atom. The molecule has 3 rings (SSSR count). The van der Waals surface area contributed by atoms with Gasteiger partial charge in [0.05, 0.1) is 11.9 Å². The first-order valence-electron chi connectivity index (χ1n) is 8.79. The first-order valence-corrected chi connectivity index (χ1v) is 9.60. The van der Waals surface area contributed by atoms with Gasteiger partial charge in [-0.25, -0.2) is 4.98 Å². The number of fused-ring (bicyclic) bond motifs is 1. The molecule has 0 bridgehead atoms. The average molecular weight is 371 g/mol. The van der Waals surface area contributed by atoms with Crippen LogP contribution in [0.25, 0.3) is 20.7 Å². The van der Waals surface area contributed by atoms with Gasteiger partial charge in [-0.05, 0) is 25.5 Å². The third kappa shape index (κ3) is 4.17. The molecule has 0 aliphatic rings. The van der Waals surface area contributed by atoms with Crippen molar-refractivity contribution in [3.05, 3.63) is 52.6 Å². The molecule has 0 saturated heterocycles. The highest BCUT2D eigenvalue weighted by atomic mass is 32.1. The first-order chi connectivity index (χ1) is 12.6. The van der Waals surface area contributed by atoms with E-state index in [1.807, 2.05) is 50.2 Å². The van der Waals surface area contributed by atoms with Gasteiger partial charge in [0.1, 0.15) is 11.4 Å². The minimum Gasteiger partial charge on any atom is -0.351 e. The van der Waals surface area contributed by atoms with Crippen molar-refractivity contribution in [3.63, 3.8) is 0 Å². The zero-order chi connectivity index (χ0) is 18.5. The van der Waals surface area contributed by atoms with E-state index in [2.05, 4.69) is 15.3 Å². The van der Waals surface area contributed by atoms with E-state index >= 15 is 0 Å². The van der Waals surface area contributed by atoms with Crippen molar-refractivity contribution >= 4 is 27.5 Å². The Bertz CT molecular complexity index is 949. The van der Waals surface area contributed by atoms with Gasteiger partial charge in [-0.3, -0.25) is 9.59 Å². The first kappa shape index (κ1) is 18.3. The van der Waals surface area contributed by atoms with Crippen LogP contribution in [-0.2, 0) is 11.3 Å². The molecule has 0 fully saturated rings. The number of amides is 1. The summed E-state index contributed by atoms with van der Waals surface area (Å²) in [4.78, 5) is 34.6. The van der Waals surface area contributed by atoms with Crippen LogP contribution in [-0.4, -0.2) is 35.5 Å². The molecule has 1 aromatic carbocycles. The SMILES string of the molecule is CCNC(=O)C[NH+](CC)Cc1nc2sc(-c3ccccc3)cc2c(=O)[nH]1. The number of nitrogens with zero attached hydrogens (tertiary/aromatic N) is 1. The van der Waals surface area contributed by atoms with Crippen molar-refractivity contribution in [2.45, 2.75) is 20.4 Å². The van der Waals surface area contributed by atoms with Gasteiger partial charge in [0.2, 0.25) is 0 Å². The molecule has 2 heterocycles. The fourth-order valence-corrected chi connectivity index (χ4v) is 3.90. The van der Waals surface area contributed by atoms with Crippen molar-refractivity contribution in [2.24, 2.45) is 0 Å². The fraction of sp³-hybridized carbons (Fsp3) is 0.316. The molecule has 0 radical (unpaired) electrons. The van der Waals surface area contributed by atoms with Crippen LogP contribution in [0.5, 0.6) is 0 Å². The quantitative estimate of drug-likeness (QED) is 0.584.